The normalized spacial score (nSPS) is 20.2. The summed E-state index contributed by atoms with van der Waals surface area (Å²) in [4.78, 5) is 12.9. The molecule has 1 atom stereocenters. The smallest absolute Gasteiger partial charge is 0.304 e. The van der Waals surface area contributed by atoms with Gasteiger partial charge in [0, 0.05) is 17.6 Å². The number of carbonyl (C=O) groups is 1. The molecule has 2 rings (SSSR count). The van der Waals surface area contributed by atoms with Crippen LogP contribution in [-0.2, 0) is 11.2 Å². The summed E-state index contributed by atoms with van der Waals surface area (Å²) >= 11 is 6.17. The molecule has 98 valence electrons. The number of hydrogen-bond donors (Lipinski definition) is 1. The summed E-state index contributed by atoms with van der Waals surface area (Å²) in [5.41, 5.74) is 1.16. The fourth-order valence-electron chi connectivity index (χ4n) is 2.58. The van der Waals surface area contributed by atoms with Crippen LogP contribution in [0.4, 0.5) is 0 Å². The number of carboxylic acids is 1. The molecule has 1 heterocycles. The van der Waals surface area contributed by atoms with Gasteiger partial charge in [-0.2, -0.15) is 0 Å². The van der Waals surface area contributed by atoms with Gasteiger partial charge in [0.2, 0.25) is 0 Å². The maximum absolute atomic E-state index is 10.6. The van der Waals surface area contributed by atoms with Gasteiger partial charge in [-0.1, -0.05) is 29.8 Å². The van der Waals surface area contributed by atoms with Crippen molar-refractivity contribution in [1.29, 1.82) is 0 Å². The third-order valence-corrected chi connectivity index (χ3v) is 3.89. The standard InChI is InChI=1S/C14H18ClNO2/c15-13-6-2-1-4-11(13)10-12-5-3-8-16(12)9-7-14(17)18/h1-2,4,6,12H,3,5,7-10H2,(H,17,18)/t12-/m0/s1. The molecule has 0 radical (unpaired) electrons. The summed E-state index contributed by atoms with van der Waals surface area (Å²) in [5, 5.41) is 9.55. The molecule has 1 saturated heterocycles. The first-order valence-electron chi connectivity index (χ1n) is 6.36. The molecule has 18 heavy (non-hydrogen) atoms. The van der Waals surface area contributed by atoms with E-state index in [0.29, 0.717) is 12.6 Å². The second kappa shape index (κ2) is 6.21. The van der Waals surface area contributed by atoms with Crippen LogP contribution in [0.3, 0.4) is 0 Å². The lowest BCUT2D eigenvalue weighted by atomic mass is 10.0. The van der Waals surface area contributed by atoms with E-state index in [1.54, 1.807) is 0 Å². The van der Waals surface area contributed by atoms with Crippen molar-refractivity contribution in [3.05, 3.63) is 34.9 Å². The summed E-state index contributed by atoms with van der Waals surface area (Å²) in [5.74, 6) is -0.724. The Balaban J connectivity index is 1.95. The van der Waals surface area contributed by atoms with E-state index >= 15 is 0 Å². The lowest BCUT2D eigenvalue weighted by molar-refractivity contribution is -0.137. The number of carboxylic acid groups (broad SMARTS) is 1. The first-order chi connectivity index (χ1) is 8.66. The Hall–Kier alpha value is -1.06. The molecular weight excluding hydrogens is 250 g/mol. The van der Waals surface area contributed by atoms with Crippen molar-refractivity contribution in [2.24, 2.45) is 0 Å². The molecule has 1 fully saturated rings. The topological polar surface area (TPSA) is 40.5 Å². The molecule has 3 nitrogen and oxygen atoms in total. The lowest BCUT2D eigenvalue weighted by Gasteiger charge is -2.24. The van der Waals surface area contributed by atoms with Gasteiger partial charge in [-0.05, 0) is 37.4 Å². The number of halogens is 1. The minimum atomic E-state index is -0.724. The highest BCUT2D eigenvalue weighted by atomic mass is 35.5. The van der Waals surface area contributed by atoms with E-state index in [1.807, 2.05) is 18.2 Å². The summed E-state index contributed by atoms with van der Waals surface area (Å²) < 4.78 is 0. The average molecular weight is 268 g/mol. The molecule has 0 amide bonds. The van der Waals surface area contributed by atoms with Gasteiger partial charge in [-0.3, -0.25) is 9.69 Å². The van der Waals surface area contributed by atoms with Gasteiger partial charge in [0.1, 0.15) is 0 Å². The molecule has 0 bridgehead atoms. The van der Waals surface area contributed by atoms with Crippen molar-refractivity contribution in [2.45, 2.75) is 31.7 Å². The zero-order valence-corrected chi connectivity index (χ0v) is 11.1. The fourth-order valence-corrected chi connectivity index (χ4v) is 2.79. The Labute approximate surface area is 112 Å². The predicted molar refractivity (Wildman–Crippen MR) is 72.0 cm³/mol. The van der Waals surface area contributed by atoms with Crippen LogP contribution in [0.5, 0.6) is 0 Å². The maximum atomic E-state index is 10.6. The first-order valence-corrected chi connectivity index (χ1v) is 6.74. The molecule has 0 unspecified atom stereocenters. The second-order valence-corrected chi connectivity index (χ2v) is 5.18. The van der Waals surface area contributed by atoms with Crippen molar-refractivity contribution in [3.63, 3.8) is 0 Å². The summed E-state index contributed by atoms with van der Waals surface area (Å²) in [6.45, 7) is 1.65. The third-order valence-electron chi connectivity index (χ3n) is 3.53. The first kappa shape index (κ1) is 13.4. The number of rotatable bonds is 5. The van der Waals surface area contributed by atoms with Crippen LogP contribution in [-0.4, -0.2) is 35.1 Å². The van der Waals surface area contributed by atoms with Gasteiger partial charge in [0.25, 0.3) is 0 Å². The molecule has 0 saturated carbocycles. The number of nitrogens with zero attached hydrogens (tertiary/aromatic N) is 1. The van der Waals surface area contributed by atoms with Crippen molar-refractivity contribution < 1.29 is 9.90 Å². The number of likely N-dealkylation sites (tertiary alicyclic amines) is 1. The van der Waals surface area contributed by atoms with E-state index in [2.05, 4.69) is 11.0 Å². The van der Waals surface area contributed by atoms with Crippen LogP contribution in [0.25, 0.3) is 0 Å². The van der Waals surface area contributed by atoms with Crippen LogP contribution in [0.15, 0.2) is 24.3 Å². The number of aliphatic carboxylic acids is 1. The molecule has 4 heteroatoms. The molecule has 1 aromatic carbocycles. The quantitative estimate of drug-likeness (QED) is 0.892. The average Bonchev–Trinajstić information content (AvgIpc) is 2.77. The highest BCUT2D eigenvalue weighted by Gasteiger charge is 2.25. The van der Waals surface area contributed by atoms with Crippen LogP contribution in [0.2, 0.25) is 5.02 Å². The zero-order chi connectivity index (χ0) is 13.0. The SMILES string of the molecule is O=C(O)CCN1CCC[C@H]1Cc1ccccc1Cl. The Kier molecular flexibility index (Phi) is 4.61. The maximum Gasteiger partial charge on any atom is 0.304 e. The van der Waals surface area contributed by atoms with Gasteiger partial charge >= 0.3 is 5.97 Å². The summed E-state index contributed by atoms with van der Waals surface area (Å²) in [6, 6.07) is 8.33. The molecule has 0 aliphatic carbocycles. The Morgan fingerprint density at radius 3 is 2.94 bits per heavy atom. The van der Waals surface area contributed by atoms with Crippen LogP contribution in [0.1, 0.15) is 24.8 Å². The van der Waals surface area contributed by atoms with Crippen LogP contribution in [0, 0.1) is 0 Å². The molecule has 1 aliphatic rings. The Bertz CT molecular complexity index is 422. The zero-order valence-electron chi connectivity index (χ0n) is 10.3. The van der Waals surface area contributed by atoms with Gasteiger partial charge in [-0.25, -0.2) is 0 Å². The van der Waals surface area contributed by atoms with Gasteiger partial charge in [0.05, 0.1) is 6.42 Å². The minimum absolute atomic E-state index is 0.221. The van der Waals surface area contributed by atoms with Crippen molar-refractivity contribution in [2.75, 3.05) is 13.1 Å². The monoisotopic (exact) mass is 267 g/mol. The second-order valence-electron chi connectivity index (χ2n) is 4.77. The fraction of sp³-hybridized carbons (Fsp3) is 0.500. The van der Waals surface area contributed by atoms with Crippen LogP contribution < -0.4 is 0 Å². The van der Waals surface area contributed by atoms with E-state index in [1.165, 1.54) is 0 Å². The van der Waals surface area contributed by atoms with Gasteiger partial charge in [-0.15, -0.1) is 0 Å². The summed E-state index contributed by atoms with van der Waals surface area (Å²) in [7, 11) is 0. The van der Waals surface area contributed by atoms with Crippen LogP contribution >= 0.6 is 11.6 Å². The van der Waals surface area contributed by atoms with Crippen molar-refractivity contribution in [1.82, 2.24) is 4.90 Å². The number of benzene rings is 1. The Morgan fingerprint density at radius 1 is 1.44 bits per heavy atom. The predicted octanol–water partition coefficient (Wildman–Crippen LogP) is 2.82. The van der Waals surface area contributed by atoms with E-state index in [-0.39, 0.29) is 6.42 Å². The van der Waals surface area contributed by atoms with E-state index in [9.17, 15) is 4.79 Å². The molecule has 1 aromatic rings. The molecular formula is C14H18ClNO2. The molecule has 0 spiro atoms. The largest absolute Gasteiger partial charge is 0.481 e. The van der Waals surface area contributed by atoms with E-state index < -0.39 is 5.97 Å². The van der Waals surface area contributed by atoms with E-state index in [4.69, 9.17) is 16.7 Å². The highest BCUT2D eigenvalue weighted by Crippen LogP contribution is 2.24. The lowest BCUT2D eigenvalue weighted by Crippen LogP contribution is -2.33. The Morgan fingerprint density at radius 2 is 2.22 bits per heavy atom. The molecule has 1 aliphatic heterocycles. The summed E-state index contributed by atoms with van der Waals surface area (Å²) in [6.07, 6.45) is 3.41. The molecule has 0 aromatic heterocycles. The van der Waals surface area contributed by atoms with Gasteiger partial charge < -0.3 is 5.11 Å². The minimum Gasteiger partial charge on any atom is -0.481 e. The molecule has 1 N–H and O–H groups in total. The number of hydrogen-bond acceptors (Lipinski definition) is 2. The van der Waals surface area contributed by atoms with Gasteiger partial charge in [0.15, 0.2) is 0 Å². The van der Waals surface area contributed by atoms with Crippen molar-refractivity contribution >= 4 is 17.6 Å². The van der Waals surface area contributed by atoms with E-state index in [0.717, 1.165) is 36.4 Å². The van der Waals surface area contributed by atoms with Crippen molar-refractivity contribution in [3.8, 4) is 0 Å². The third kappa shape index (κ3) is 3.47. The highest BCUT2D eigenvalue weighted by molar-refractivity contribution is 6.31.